The fraction of sp³-hybridized carbons (Fsp3) is 0.346. The smallest absolute Gasteiger partial charge is 0.433 e. The van der Waals surface area contributed by atoms with Gasteiger partial charge in [0.15, 0.2) is 5.69 Å². The Bertz CT molecular complexity index is 1520. The van der Waals surface area contributed by atoms with Gasteiger partial charge in [-0.1, -0.05) is 6.07 Å². The van der Waals surface area contributed by atoms with Crippen LogP contribution >= 0.6 is 0 Å². The van der Waals surface area contributed by atoms with E-state index in [2.05, 4.69) is 10.3 Å². The number of likely N-dealkylation sites (tertiary alicyclic amines) is 1. The van der Waals surface area contributed by atoms with Crippen molar-refractivity contribution in [2.24, 2.45) is 0 Å². The van der Waals surface area contributed by atoms with Crippen LogP contribution in [-0.4, -0.2) is 40.1 Å². The van der Waals surface area contributed by atoms with Gasteiger partial charge in [-0.15, -0.1) is 0 Å². The van der Waals surface area contributed by atoms with Crippen LogP contribution in [0.25, 0.3) is 11.4 Å². The highest BCUT2D eigenvalue weighted by atomic mass is 19.4. The second-order valence-electron chi connectivity index (χ2n) is 9.42. The summed E-state index contributed by atoms with van der Waals surface area (Å²) in [6.07, 6.45) is -14.8. The SMILES string of the molecule is O=C(NCc1ccc(C(F)(F)F)c(-c2nc(C(F)(F)F)cc(=O)[nH]2)c1F)N1CCC(Oc2ccc(C(F)(F)F)cc2)CC1. The molecule has 0 atom stereocenters. The quantitative estimate of drug-likeness (QED) is 0.322. The van der Waals surface area contributed by atoms with Gasteiger partial charge in [-0.2, -0.15) is 39.5 Å². The van der Waals surface area contributed by atoms with Crippen molar-refractivity contribution < 1.29 is 53.4 Å². The van der Waals surface area contributed by atoms with Gasteiger partial charge in [0.25, 0.3) is 5.56 Å². The summed E-state index contributed by atoms with van der Waals surface area (Å²) in [5, 5.41) is 2.32. The van der Waals surface area contributed by atoms with Crippen molar-refractivity contribution in [3.63, 3.8) is 0 Å². The minimum absolute atomic E-state index is 0.0104. The van der Waals surface area contributed by atoms with E-state index in [4.69, 9.17) is 4.74 Å². The molecule has 0 unspecified atom stereocenters. The van der Waals surface area contributed by atoms with E-state index in [1.165, 1.54) is 17.0 Å². The molecule has 2 aromatic carbocycles. The van der Waals surface area contributed by atoms with Gasteiger partial charge in [-0.25, -0.2) is 14.2 Å². The van der Waals surface area contributed by atoms with Crippen LogP contribution in [0.15, 0.2) is 47.3 Å². The molecule has 1 saturated heterocycles. The summed E-state index contributed by atoms with van der Waals surface area (Å²) in [6, 6.07) is 4.42. The third kappa shape index (κ3) is 7.56. The van der Waals surface area contributed by atoms with Crippen LogP contribution in [0.3, 0.4) is 0 Å². The molecule has 0 spiro atoms. The number of carbonyl (C=O) groups is 1. The number of rotatable bonds is 5. The first kappa shape index (κ1) is 31.6. The lowest BCUT2D eigenvalue weighted by Gasteiger charge is -2.32. The first-order valence-electron chi connectivity index (χ1n) is 12.4. The van der Waals surface area contributed by atoms with Crippen molar-refractivity contribution in [3.8, 4) is 17.1 Å². The number of H-pyrrole nitrogens is 1. The summed E-state index contributed by atoms with van der Waals surface area (Å²) in [7, 11) is 0. The molecule has 0 saturated carbocycles. The second kappa shape index (κ2) is 11.8. The van der Waals surface area contributed by atoms with E-state index in [0.29, 0.717) is 12.1 Å². The van der Waals surface area contributed by atoms with E-state index in [0.717, 1.165) is 12.1 Å². The van der Waals surface area contributed by atoms with Crippen molar-refractivity contribution >= 4 is 6.03 Å². The van der Waals surface area contributed by atoms with Crippen molar-refractivity contribution in [3.05, 3.63) is 81.0 Å². The maximum absolute atomic E-state index is 15.4. The molecule has 2 N–H and O–H groups in total. The Morgan fingerprint density at radius 1 is 0.930 bits per heavy atom. The van der Waals surface area contributed by atoms with Crippen LogP contribution in [-0.2, 0) is 25.1 Å². The summed E-state index contributed by atoms with van der Waals surface area (Å²) >= 11 is 0. The average molecular weight is 626 g/mol. The average Bonchev–Trinajstić information content (AvgIpc) is 2.91. The lowest BCUT2D eigenvalue weighted by atomic mass is 10.0. The molecule has 43 heavy (non-hydrogen) atoms. The second-order valence-corrected chi connectivity index (χ2v) is 9.42. The van der Waals surface area contributed by atoms with Crippen LogP contribution < -0.4 is 15.6 Å². The third-order valence-corrected chi connectivity index (χ3v) is 6.44. The Hall–Kier alpha value is -4.31. The molecule has 1 aliphatic heterocycles. The number of nitrogens with one attached hydrogen (secondary N) is 2. The van der Waals surface area contributed by atoms with E-state index in [1.54, 1.807) is 4.98 Å². The molecule has 1 aromatic heterocycles. The zero-order valence-corrected chi connectivity index (χ0v) is 21.6. The van der Waals surface area contributed by atoms with Crippen LogP contribution in [0.4, 0.5) is 48.7 Å². The molecule has 3 aromatic rings. The number of halogens is 10. The fourth-order valence-corrected chi connectivity index (χ4v) is 4.32. The maximum Gasteiger partial charge on any atom is 0.433 e. The third-order valence-electron chi connectivity index (χ3n) is 6.44. The van der Waals surface area contributed by atoms with E-state index < -0.39 is 82.4 Å². The van der Waals surface area contributed by atoms with Crippen LogP contribution in [0.5, 0.6) is 5.75 Å². The number of hydrogen-bond donors (Lipinski definition) is 2. The molecule has 2 heterocycles. The Kier molecular flexibility index (Phi) is 8.65. The number of benzene rings is 2. The lowest BCUT2D eigenvalue weighted by Crippen LogP contribution is -2.46. The number of nitrogens with zero attached hydrogens (tertiary/aromatic N) is 2. The Morgan fingerprint density at radius 2 is 1.56 bits per heavy atom. The molecule has 2 amide bonds. The van der Waals surface area contributed by atoms with Gasteiger partial charge >= 0.3 is 24.6 Å². The number of piperidine rings is 1. The van der Waals surface area contributed by atoms with Gasteiger partial charge in [-0.3, -0.25) is 4.79 Å². The van der Waals surface area contributed by atoms with Gasteiger partial charge in [0.2, 0.25) is 0 Å². The standard InChI is InChI=1S/C26H20F10N4O3/c27-21-13(1-6-17(25(31,32)33)20(21)22-38-18(26(34,35)36)11-19(41)39-22)12-37-23(42)40-9-7-16(8-10-40)43-15-4-2-14(3-5-15)24(28,29)30/h1-6,11,16H,7-10,12H2,(H,37,42)(H,38,39,41). The highest BCUT2D eigenvalue weighted by Gasteiger charge is 2.39. The normalized spacial score (nSPS) is 15.0. The number of ether oxygens (including phenoxy) is 1. The number of hydrogen-bond acceptors (Lipinski definition) is 4. The van der Waals surface area contributed by atoms with E-state index in [-0.39, 0.29) is 37.7 Å². The minimum Gasteiger partial charge on any atom is -0.490 e. The number of amides is 2. The zero-order chi connectivity index (χ0) is 31.7. The highest BCUT2D eigenvalue weighted by Crippen LogP contribution is 2.39. The monoisotopic (exact) mass is 626 g/mol. The van der Waals surface area contributed by atoms with Crippen molar-refractivity contribution in [1.82, 2.24) is 20.2 Å². The molecule has 0 radical (unpaired) electrons. The van der Waals surface area contributed by atoms with Gasteiger partial charge < -0.3 is 19.9 Å². The first-order valence-corrected chi connectivity index (χ1v) is 12.4. The molecule has 0 bridgehead atoms. The topological polar surface area (TPSA) is 87.3 Å². The molecule has 232 valence electrons. The van der Waals surface area contributed by atoms with Gasteiger partial charge in [0.1, 0.15) is 23.5 Å². The van der Waals surface area contributed by atoms with Crippen LogP contribution in [0.2, 0.25) is 0 Å². The summed E-state index contributed by atoms with van der Waals surface area (Å²) in [5.41, 5.74) is -7.79. The molecule has 1 aliphatic rings. The van der Waals surface area contributed by atoms with Crippen molar-refractivity contribution in [2.75, 3.05) is 13.1 Å². The number of aromatic nitrogens is 2. The summed E-state index contributed by atoms with van der Waals surface area (Å²) < 4.78 is 139. The van der Waals surface area contributed by atoms with Gasteiger partial charge in [-0.05, 0) is 30.3 Å². The predicted molar refractivity (Wildman–Crippen MR) is 129 cm³/mol. The van der Waals surface area contributed by atoms with E-state index in [1.807, 2.05) is 0 Å². The summed E-state index contributed by atoms with van der Waals surface area (Å²) in [5.74, 6) is -2.75. The predicted octanol–water partition coefficient (Wildman–Crippen LogP) is 6.39. The van der Waals surface area contributed by atoms with Crippen LogP contribution in [0.1, 0.15) is 35.2 Å². The van der Waals surface area contributed by atoms with E-state index >= 15 is 4.39 Å². The highest BCUT2D eigenvalue weighted by molar-refractivity contribution is 5.74. The summed E-state index contributed by atoms with van der Waals surface area (Å²) in [6.45, 7) is -0.429. The van der Waals surface area contributed by atoms with Gasteiger partial charge in [0, 0.05) is 44.1 Å². The van der Waals surface area contributed by atoms with Gasteiger partial charge in [0.05, 0.1) is 16.7 Å². The lowest BCUT2D eigenvalue weighted by molar-refractivity contribution is -0.141. The maximum atomic E-state index is 15.4. The molecule has 7 nitrogen and oxygen atoms in total. The van der Waals surface area contributed by atoms with E-state index in [9.17, 15) is 49.1 Å². The molecule has 4 rings (SSSR count). The Labute approximate surface area is 235 Å². The first-order chi connectivity index (χ1) is 19.9. The molecule has 17 heteroatoms. The Balaban J connectivity index is 1.44. The molecule has 0 aliphatic carbocycles. The van der Waals surface area contributed by atoms with Crippen molar-refractivity contribution in [2.45, 2.75) is 44.0 Å². The fourth-order valence-electron chi connectivity index (χ4n) is 4.32. The number of aromatic amines is 1. The minimum atomic E-state index is -5.24. The zero-order valence-electron chi connectivity index (χ0n) is 21.6. The molecular weight excluding hydrogens is 606 g/mol. The molecule has 1 fully saturated rings. The largest absolute Gasteiger partial charge is 0.490 e. The number of carbonyl (C=O) groups excluding carboxylic acids is 1. The number of urea groups is 1. The number of alkyl halides is 9. The van der Waals surface area contributed by atoms with Crippen molar-refractivity contribution in [1.29, 1.82) is 0 Å². The van der Waals surface area contributed by atoms with Crippen LogP contribution in [0, 0.1) is 5.82 Å². The Morgan fingerprint density at radius 3 is 2.12 bits per heavy atom. The molecular formula is C26H20F10N4O3. The summed E-state index contributed by atoms with van der Waals surface area (Å²) in [4.78, 5) is 30.4.